The third-order valence-corrected chi connectivity index (χ3v) is 27.1. The number of aromatic nitrogens is 8. The second kappa shape index (κ2) is 44.2. The number of nitrogens with one attached hydrogen (secondary N) is 4. The van der Waals surface area contributed by atoms with Crippen LogP contribution in [-0.4, -0.2) is 193 Å². The zero-order valence-electron chi connectivity index (χ0n) is 79.2. The van der Waals surface area contributed by atoms with Gasteiger partial charge >= 0.3 is 7.12 Å². The zero-order valence-corrected chi connectivity index (χ0v) is 79.2. The van der Waals surface area contributed by atoms with Crippen molar-refractivity contribution in [2.24, 2.45) is 0 Å². The molecular weight excluding hydrogens is 1770 g/mol. The summed E-state index contributed by atoms with van der Waals surface area (Å²) in [5.41, 5.74) is 8.74. The molecule has 1 atom stereocenters. The largest absolute Gasteiger partial charge is 0.494 e. The van der Waals surface area contributed by atoms with E-state index in [4.69, 9.17) is 18.8 Å². The summed E-state index contributed by atoms with van der Waals surface area (Å²) in [5, 5.41) is 32.1. The van der Waals surface area contributed by atoms with Crippen LogP contribution in [0.1, 0.15) is 203 Å². The van der Waals surface area contributed by atoms with Crippen molar-refractivity contribution in [1.82, 2.24) is 60.4 Å². The lowest BCUT2D eigenvalue weighted by atomic mass is 9.79. The van der Waals surface area contributed by atoms with Crippen molar-refractivity contribution >= 4 is 85.0 Å². The number of aryl methyl sites for hydroxylation is 1. The number of amides is 4. The Morgan fingerprint density at radius 3 is 1.01 bits per heavy atom. The van der Waals surface area contributed by atoms with Gasteiger partial charge in [-0.15, -0.1) is 0 Å². The van der Waals surface area contributed by atoms with Crippen LogP contribution in [0, 0.1) is 30.2 Å². The maximum absolute atomic E-state index is 14.9. The minimum Gasteiger partial charge on any atom is -0.399 e. The number of piperazine rings is 1. The number of anilines is 1. The molecule has 0 bridgehead atoms. The fourth-order valence-corrected chi connectivity index (χ4v) is 18.5. The highest BCUT2D eigenvalue weighted by atomic mass is 19.1. The van der Waals surface area contributed by atoms with Crippen LogP contribution in [0.15, 0.2) is 238 Å². The Kier molecular flexibility index (Phi) is 31.2. The van der Waals surface area contributed by atoms with Crippen LogP contribution in [-0.2, 0) is 44.5 Å². The number of fused-ring (bicyclic) bond motifs is 4. The molecule has 30 heteroatoms. The van der Waals surface area contributed by atoms with E-state index in [0.29, 0.717) is 141 Å². The number of H-pyrrole nitrogens is 4. The highest BCUT2D eigenvalue weighted by Gasteiger charge is 2.52. The van der Waals surface area contributed by atoms with Crippen molar-refractivity contribution in [3.05, 3.63) is 361 Å². The van der Waals surface area contributed by atoms with Gasteiger partial charge in [0.15, 0.2) is 0 Å². The van der Waals surface area contributed by atoms with E-state index in [9.17, 15) is 55.9 Å². The molecule has 4 N–H and O–H groups in total. The van der Waals surface area contributed by atoms with Crippen molar-refractivity contribution in [3.8, 4) is 0 Å². The number of nitrogens with zero attached hydrogens (tertiary/aromatic N) is 9. The number of hydrogen-bond acceptors (Lipinski definition) is 17. The van der Waals surface area contributed by atoms with Crippen molar-refractivity contribution < 1.29 is 55.5 Å². The number of likely N-dealkylation sites (tertiary alicyclic amines) is 3. The number of ether oxygens (including phenoxy) is 2. The number of piperidine rings is 2. The average molecular weight is 1880 g/mol. The van der Waals surface area contributed by atoms with Crippen molar-refractivity contribution in [1.29, 1.82) is 0 Å². The molecule has 5 aliphatic heterocycles. The molecule has 0 spiro atoms. The molecule has 4 amide bonds. The van der Waals surface area contributed by atoms with E-state index >= 15 is 0 Å². The Hall–Kier alpha value is -13.9. The average Bonchev–Trinajstić information content (AvgIpc) is 1.62. The van der Waals surface area contributed by atoms with E-state index in [0.717, 1.165) is 126 Å². The van der Waals surface area contributed by atoms with Crippen LogP contribution in [0.25, 0.3) is 43.1 Å². The Labute approximate surface area is 802 Å². The van der Waals surface area contributed by atoms with E-state index in [2.05, 4.69) is 103 Å². The molecule has 718 valence electrons. The summed E-state index contributed by atoms with van der Waals surface area (Å²) in [6.07, 6.45) is 9.53. The number of rotatable bonds is 21. The quantitative estimate of drug-likeness (QED) is 0.0384. The Morgan fingerprint density at radius 2 is 0.676 bits per heavy atom. The first-order valence-electron chi connectivity index (χ1n) is 47.8. The first-order chi connectivity index (χ1) is 67.1. The first kappa shape index (κ1) is 98.1. The molecule has 4 aromatic heterocycles. The first-order valence-corrected chi connectivity index (χ1v) is 47.8. The molecule has 14 aromatic rings. The predicted molar refractivity (Wildman–Crippen MR) is 531 cm³/mol. The van der Waals surface area contributed by atoms with Gasteiger partial charge in [-0.05, 0) is 217 Å². The van der Waals surface area contributed by atoms with E-state index in [1.54, 1.807) is 117 Å². The third-order valence-electron chi connectivity index (χ3n) is 27.1. The lowest BCUT2D eigenvalue weighted by molar-refractivity contribution is 0.00578. The minimum absolute atomic E-state index is 0.0430. The number of aromatic amines is 4. The smallest absolute Gasteiger partial charge is 0.399 e. The van der Waals surface area contributed by atoms with E-state index < -0.39 is 41.6 Å². The second-order valence-electron chi connectivity index (χ2n) is 37.2. The van der Waals surface area contributed by atoms with Gasteiger partial charge in [0.25, 0.3) is 45.9 Å². The van der Waals surface area contributed by atoms with E-state index in [-0.39, 0.29) is 80.3 Å². The normalized spacial score (nSPS) is 16.2. The summed E-state index contributed by atoms with van der Waals surface area (Å²) in [6.45, 7) is 21.5. The predicted octanol–water partition coefficient (Wildman–Crippen LogP) is 16.7. The fraction of sp³-hybridized carbons (Fsp3) is 0.339. The maximum Gasteiger partial charge on any atom is 0.494 e. The second-order valence-corrected chi connectivity index (χ2v) is 37.2. The SMILES string of the molecule is CC1(C)OB(c2ccc(N3CCN(C(=O)c4cc(Cc5n[nH]c(=O)c6ccccc56)ccc4F)CC3)cc2)OC1(C)C.CCCOC1CCCN(C(=O)c2cc(Cc3n[nH]c(=O)c4ccccc34)ccc2F)CC1.CCCOC1CCN(C(=O)c2cc(Cc3n[nH]c(=O)c4ccccc34)ccc2F)CC1.Cc1ccc(C2CCN(C(=O)c3cc(Cc4n[nH]c(=O)c5ccccc45)ccc3F)CC2)cc1. The van der Waals surface area contributed by atoms with Gasteiger partial charge in [0, 0.05) is 132 Å². The number of hydrogen-bond donors (Lipinski definition) is 4. The van der Waals surface area contributed by atoms with Crippen LogP contribution in [0.5, 0.6) is 0 Å². The summed E-state index contributed by atoms with van der Waals surface area (Å²) >= 11 is 0. The fourth-order valence-electron chi connectivity index (χ4n) is 18.5. The molecule has 0 saturated carbocycles. The van der Waals surface area contributed by atoms with Gasteiger partial charge in [0.2, 0.25) is 0 Å². The van der Waals surface area contributed by atoms with Gasteiger partial charge in [0.05, 0.1) is 90.0 Å². The number of halogens is 4. The van der Waals surface area contributed by atoms with Gasteiger partial charge in [-0.3, -0.25) is 38.4 Å². The molecule has 25 nitrogen and oxygen atoms in total. The van der Waals surface area contributed by atoms with Crippen LogP contribution in [0.2, 0.25) is 0 Å². The summed E-state index contributed by atoms with van der Waals surface area (Å²) in [5.74, 6) is -2.91. The molecule has 0 radical (unpaired) electrons. The summed E-state index contributed by atoms with van der Waals surface area (Å²) in [6, 6.07) is 64.0. The van der Waals surface area contributed by atoms with Crippen molar-refractivity contribution in [2.75, 3.05) is 83.6 Å². The molecule has 1 unspecified atom stereocenters. The number of carbonyl (C=O) groups excluding carboxylic acids is 4. The Bertz CT molecular complexity index is 7040. The molecule has 5 aliphatic rings. The molecule has 9 heterocycles. The monoisotopic (exact) mass is 1880 g/mol. The van der Waals surface area contributed by atoms with Crippen LogP contribution in [0.4, 0.5) is 23.2 Å². The van der Waals surface area contributed by atoms with Crippen LogP contribution >= 0.6 is 0 Å². The standard InChI is InChI=1S/C32H34BFN4O4.C28H26FN3O2.C25H28FN3O3.C24H26FN3O3/c1-31(2)32(3,4)42-33(41-31)22-10-12-23(13-11-22)37-15-17-38(18-16-37)30(40)26-19-21(9-14-27(26)34)20-28-24-7-5-6-8-25(24)29(39)36-35-28;1-18-6-9-20(10-7-18)21-12-14-32(15-13-21)28(34)24-16-19(8-11-25(24)29)17-26-22-4-2-3-5-23(22)27(33)31-30-26;1-2-14-32-18-6-5-12-29(13-11-18)25(31)21-15-17(9-10-22(21)26)16-23-19-7-3-4-8-20(19)24(30)28-27-23;1-2-13-31-17-9-11-28(12-10-17)24(30)20-14-16(7-8-21(20)25)15-22-18-5-3-4-6-19(18)23(29)27-26-22/h5-14,19H,15-18,20H2,1-4H3,(H,36,39);2-11,16,21H,12-15,17H2,1H3,(H,31,33);3-4,7-10,15,18H,2,5-6,11-14,16H2,1H3,(H,28,30);3-8,14,17H,2,9-13,15H2,1H3,(H,27,29). The third kappa shape index (κ3) is 23.2. The van der Waals surface area contributed by atoms with Gasteiger partial charge in [-0.1, -0.05) is 153 Å². The van der Waals surface area contributed by atoms with E-state index in [1.165, 1.54) is 35.4 Å². The van der Waals surface area contributed by atoms with Crippen molar-refractivity contribution in [2.45, 2.75) is 161 Å². The van der Waals surface area contributed by atoms with Crippen molar-refractivity contribution in [3.63, 3.8) is 0 Å². The molecule has 5 fully saturated rings. The van der Waals surface area contributed by atoms with Gasteiger partial charge in [-0.25, -0.2) is 38.0 Å². The summed E-state index contributed by atoms with van der Waals surface area (Å²) in [4.78, 5) is 110. The zero-order chi connectivity index (χ0) is 97.6. The Balaban J connectivity index is 0.000000135. The summed E-state index contributed by atoms with van der Waals surface area (Å²) < 4.78 is 82.7. The highest BCUT2D eigenvalue weighted by Crippen LogP contribution is 2.38. The molecule has 139 heavy (non-hydrogen) atoms. The van der Waals surface area contributed by atoms with E-state index in [1.807, 2.05) is 88.4 Å². The number of carbonyl (C=O) groups is 4. The van der Waals surface area contributed by atoms with Gasteiger partial charge in [-0.2, -0.15) is 20.4 Å². The molecule has 19 rings (SSSR count). The minimum atomic E-state index is -0.552. The topological polar surface area (TPSA) is 304 Å². The lowest BCUT2D eigenvalue weighted by Gasteiger charge is -2.36. The number of benzene rings is 10. The molecule has 5 saturated heterocycles. The summed E-state index contributed by atoms with van der Waals surface area (Å²) in [7, 11) is -0.414. The molecule has 10 aromatic carbocycles. The lowest BCUT2D eigenvalue weighted by Crippen LogP contribution is -2.49. The molecular formula is C109H114BF4N13O12. The van der Waals surface area contributed by atoms with Crippen LogP contribution in [0.3, 0.4) is 0 Å². The van der Waals surface area contributed by atoms with Gasteiger partial charge in [0.1, 0.15) is 23.3 Å². The molecule has 0 aliphatic carbocycles. The Morgan fingerprint density at radius 1 is 0.374 bits per heavy atom. The van der Waals surface area contributed by atoms with Crippen LogP contribution < -0.4 is 32.6 Å². The maximum atomic E-state index is 14.9. The highest BCUT2D eigenvalue weighted by molar-refractivity contribution is 6.62. The van der Waals surface area contributed by atoms with Gasteiger partial charge < -0.3 is 43.3 Å².